The van der Waals surface area contributed by atoms with Gasteiger partial charge in [0.2, 0.25) is 0 Å². The van der Waals surface area contributed by atoms with E-state index in [9.17, 15) is 23.2 Å². The van der Waals surface area contributed by atoms with Gasteiger partial charge >= 0.3 is 5.97 Å². The first-order chi connectivity index (χ1) is 13.8. The van der Waals surface area contributed by atoms with Gasteiger partial charge in [-0.05, 0) is 24.1 Å². The van der Waals surface area contributed by atoms with Gasteiger partial charge in [-0.3, -0.25) is 14.4 Å². The Labute approximate surface area is 171 Å². The summed E-state index contributed by atoms with van der Waals surface area (Å²) in [6.07, 6.45) is 0.0602. The molecule has 2 rings (SSSR count). The van der Waals surface area contributed by atoms with Crippen LogP contribution >= 0.6 is 11.8 Å². The molecular formula is C21H21F2NO4S. The molecule has 0 fully saturated rings. The van der Waals surface area contributed by atoms with Crippen LogP contribution in [0, 0.1) is 17.6 Å². The molecule has 0 bridgehead atoms. The molecule has 2 aromatic rings. The first kappa shape index (κ1) is 22.7. The molecule has 29 heavy (non-hydrogen) atoms. The second kappa shape index (κ2) is 10.8. The highest BCUT2D eigenvalue weighted by Gasteiger charge is 2.24. The van der Waals surface area contributed by atoms with Crippen LogP contribution in [0.5, 0.6) is 0 Å². The van der Waals surface area contributed by atoms with E-state index < -0.39 is 23.5 Å². The zero-order chi connectivity index (χ0) is 21.4. The molecule has 2 N–H and O–H groups in total. The maximum Gasteiger partial charge on any atom is 0.320 e. The van der Waals surface area contributed by atoms with E-state index in [2.05, 4.69) is 0 Å². The third-order valence-corrected chi connectivity index (χ3v) is 5.08. The summed E-state index contributed by atoms with van der Waals surface area (Å²) in [5, 5.41) is -0.168. The van der Waals surface area contributed by atoms with Crippen LogP contribution in [0.2, 0.25) is 0 Å². The SMILES string of the molecule is CC(=O)SCC(Cc1cc(F)cc(F)c1)C(=O)c1ccccc1COC(=O)CN. The number of benzene rings is 2. The van der Waals surface area contributed by atoms with Gasteiger partial charge < -0.3 is 10.5 Å². The molecule has 1 atom stereocenters. The summed E-state index contributed by atoms with van der Waals surface area (Å²) in [5.41, 5.74) is 6.35. The quantitative estimate of drug-likeness (QED) is 0.494. The van der Waals surface area contributed by atoms with Gasteiger partial charge in [-0.15, -0.1) is 0 Å². The Morgan fingerprint density at radius 1 is 1.10 bits per heavy atom. The van der Waals surface area contributed by atoms with E-state index in [0.29, 0.717) is 16.7 Å². The Kier molecular flexibility index (Phi) is 8.48. The van der Waals surface area contributed by atoms with Gasteiger partial charge in [-0.2, -0.15) is 0 Å². The first-order valence-electron chi connectivity index (χ1n) is 8.86. The van der Waals surface area contributed by atoms with Crippen molar-refractivity contribution >= 4 is 28.6 Å². The van der Waals surface area contributed by atoms with Crippen molar-refractivity contribution in [3.05, 3.63) is 70.8 Å². The summed E-state index contributed by atoms with van der Waals surface area (Å²) in [7, 11) is 0. The van der Waals surface area contributed by atoms with E-state index in [-0.39, 0.29) is 36.2 Å². The average Bonchev–Trinajstić information content (AvgIpc) is 2.68. The van der Waals surface area contributed by atoms with Gasteiger partial charge in [-0.1, -0.05) is 36.0 Å². The molecule has 0 aliphatic rings. The first-order valence-corrected chi connectivity index (χ1v) is 9.85. The lowest BCUT2D eigenvalue weighted by molar-refractivity contribution is -0.143. The minimum atomic E-state index is -0.737. The third-order valence-electron chi connectivity index (χ3n) is 4.10. The molecule has 0 spiro atoms. The van der Waals surface area contributed by atoms with Crippen molar-refractivity contribution < 1.29 is 27.9 Å². The Balaban J connectivity index is 2.29. The minimum Gasteiger partial charge on any atom is -0.460 e. The lowest BCUT2D eigenvalue weighted by Crippen LogP contribution is -2.23. The van der Waals surface area contributed by atoms with Crippen molar-refractivity contribution in [1.29, 1.82) is 0 Å². The normalized spacial score (nSPS) is 11.7. The van der Waals surface area contributed by atoms with Crippen LogP contribution < -0.4 is 5.73 Å². The van der Waals surface area contributed by atoms with E-state index >= 15 is 0 Å². The van der Waals surface area contributed by atoms with Crippen LogP contribution in [0.15, 0.2) is 42.5 Å². The van der Waals surface area contributed by atoms with E-state index in [0.717, 1.165) is 30.0 Å². The summed E-state index contributed by atoms with van der Waals surface area (Å²) < 4.78 is 32.1. The molecule has 2 aromatic carbocycles. The summed E-state index contributed by atoms with van der Waals surface area (Å²) in [6, 6.07) is 9.68. The van der Waals surface area contributed by atoms with Crippen LogP contribution in [0.1, 0.15) is 28.4 Å². The molecule has 0 amide bonds. The van der Waals surface area contributed by atoms with Crippen molar-refractivity contribution in [1.82, 2.24) is 0 Å². The maximum absolute atomic E-state index is 13.5. The fourth-order valence-corrected chi connectivity index (χ4v) is 3.49. The van der Waals surface area contributed by atoms with Crippen molar-refractivity contribution in [2.45, 2.75) is 20.0 Å². The van der Waals surface area contributed by atoms with Gasteiger partial charge in [0.05, 0.1) is 6.54 Å². The maximum atomic E-state index is 13.5. The van der Waals surface area contributed by atoms with Gasteiger partial charge in [0.15, 0.2) is 10.9 Å². The number of rotatable bonds is 9. The monoisotopic (exact) mass is 421 g/mol. The molecule has 0 aliphatic heterocycles. The Hall–Kier alpha value is -2.58. The fraction of sp³-hybridized carbons (Fsp3) is 0.286. The van der Waals surface area contributed by atoms with Gasteiger partial charge in [-0.25, -0.2) is 8.78 Å². The van der Waals surface area contributed by atoms with E-state index in [1.165, 1.54) is 6.92 Å². The Bertz CT molecular complexity index is 884. The van der Waals surface area contributed by atoms with Crippen molar-refractivity contribution in [3.63, 3.8) is 0 Å². The Morgan fingerprint density at radius 3 is 2.38 bits per heavy atom. The summed E-state index contributed by atoms with van der Waals surface area (Å²) >= 11 is 0.969. The molecule has 0 aromatic heterocycles. The predicted molar refractivity (Wildman–Crippen MR) is 106 cm³/mol. The molecule has 5 nitrogen and oxygen atoms in total. The predicted octanol–water partition coefficient (Wildman–Crippen LogP) is 3.29. The number of halogens is 2. The molecule has 0 heterocycles. The highest BCUT2D eigenvalue weighted by Crippen LogP contribution is 2.23. The number of Topliss-reactive ketones (excluding diaryl/α,β-unsaturated/α-hetero) is 1. The number of carbonyl (C=O) groups excluding carboxylic acids is 3. The standard InChI is InChI=1S/C21H21F2NO4S/c1-13(25)29-12-16(6-14-7-17(22)9-18(23)8-14)21(27)19-5-3-2-4-15(19)11-28-20(26)10-24/h2-5,7-9,16H,6,10-12,24H2,1H3. The molecule has 0 radical (unpaired) electrons. The number of thioether (sulfide) groups is 1. The summed E-state index contributed by atoms with van der Waals surface area (Å²) in [4.78, 5) is 35.9. The van der Waals surface area contributed by atoms with Crippen LogP contribution in [0.4, 0.5) is 8.78 Å². The zero-order valence-electron chi connectivity index (χ0n) is 15.8. The van der Waals surface area contributed by atoms with E-state index in [1.807, 2.05) is 0 Å². The second-order valence-corrected chi connectivity index (χ2v) is 7.56. The summed E-state index contributed by atoms with van der Waals surface area (Å²) in [5.74, 6) is -2.92. The number of esters is 1. The minimum absolute atomic E-state index is 0.0602. The molecular weight excluding hydrogens is 400 g/mol. The molecule has 0 aliphatic carbocycles. The number of ketones is 1. The highest BCUT2D eigenvalue weighted by atomic mass is 32.2. The number of nitrogens with two attached hydrogens (primary N) is 1. The Morgan fingerprint density at radius 2 is 1.76 bits per heavy atom. The lowest BCUT2D eigenvalue weighted by atomic mass is 9.90. The fourth-order valence-electron chi connectivity index (χ4n) is 2.78. The van der Waals surface area contributed by atoms with Gasteiger partial charge in [0.25, 0.3) is 0 Å². The molecule has 8 heteroatoms. The van der Waals surface area contributed by atoms with Crippen LogP contribution in [-0.2, 0) is 27.4 Å². The number of hydrogen-bond acceptors (Lipinski definition) is 6. The largest absolute Gasteiger partial charge is 0.460 e. The average molecular weight is 421 g/mol. The van der Waals surface area contributed by atoms with E-state index in [1.54, 1.807) is 24.3 Å². The molecule has 0 saturated carbocycles. The second-order valence-electron chi connectivity index (χ2n) is 6.37. The van der Waals surface area contributed by atoms with Crippen LogP contribution in [0.3, 0.4) is 0 Å². The third kappa shape index (κ3) is 7.07. The number of ether oxygens (including phenoxy) is 1. The van der Waals surface area contributed by atoms with Crippen molar-refractivity contribution in [2.75, 3.05) is 12.3 Å². The summed E-state index contributed by atoms with van der Waals surface area (Å²) in [6.45, 7) is 0.979. The van der Waals surface area contributed by atoms with E-state index in [4.69, 9.17) is 10.5 Å². The van der Waals surface area contributed by atoms with Crippen molar-refractivity contribution in [3.8, 4) is 0 Å². The lowest BCUT2D eigenvalue weighted by Gasteiger charge is -2.17. The highest BCUT2D eigenvalue weighted by molar-refractivity contribution is 8.13. The van der Waals surface area contributed by atoms with Crippen LogP contribution in [-0.4, -0.2) is 29.2 Å². The van der Waals surface area contributed by atoms with Crippen molar-refractivity contribution in [2.24, 2.45) is 11.7 Å². The number of hydrogen-bond donors (Lipinski definition) is 1. The molecule has 1 unspecified atom stereocenters. The van der Waals surface area contributed by atoms with Crippen LogP contribution in [0.25, 0.3) is 0 Å². The topological polar surface area (TPSA) is 86.5 Å². The molecule has 0 saturated heterocycles. The zero-order valence-corrected chi connectivity index (χ0v) is 16.6. The van der Waals surface area contributed by atoms with Gasteiger partial charge in [0, 0.05) is 35.8 Å². The number of carbonyl (C=O) groups is 3. The molecule has 154 valence electrons. The van der Waals surface area contributed by atoms with Gasteiger partial charge in [0.1, 0.15) is 18.2 Å². The smallest absolute Gasteiger partial charge is 0.320 e.